The third kappa shape index (κ3) is 3.73. The molecule has 0 saturated heterocycles. The Morgan fingerprint density at radius 2 is 1.93 bits per heavy atom. The monoisotopic (exact) mass is 432 g/mol. The van der Waals surface area contributed by atoms with Gasteiger partial charge in [0.1, 0.15) is 5.69 Å². The zero-order valence-electron chi connectivity index (χ0n) is 18.0. The summed E-state index contributed by atoms with van der Waals surface area (Å²) in [5.41, 5.74) is 11.7. The van der Waals surface area contributed by atoms with Gasteiger partial charge in [-0.25, -0.2) is 4.79 Å². The van der Waals surface area contributed by atoms with Crippen LogP contribution in [-0.2, 0) is 17.8 Å². The van der Waals surface area contributed by atoms with Crippen molar-refractivity contribution in [2.75, 3.05) is 20.3 Å². The van der Waals surface area contributed by atoms with Gasteiger partial charge in [-0.1, -0.05) is 11.6 Å². The van der Waals surface area contributed by atoms with Crippen molar-refractivity contribution in [2.24, 2.45) is 5.73 Å². The van der Waals surface area contributed by atoms with E-state index in [4.69, 9.17) is 27.2 Å². The van der Waals surface area contributed by atoms with Gasteiger partial charge >= 0.3 is 5.97 Å². The number of nitrogens with two attached hydrogens (primary N) is 1. The highest BCUT2D eigenvalue weighted by Gasteiger charge is 2.26. The van der Waals surface area contributed by atoms with Crippen LogP contribution in [0.15, 0.2) is 12.1 Å². The first-order valence-electron chi connectivity index (χ1n) is 10.1. The number of fused-ring (bicyclic) bond motifs is 1. The molecular formula is C22H29ClN4O3. The van der Waals surface area contributed by atoms with Gasteiger partial charge in [-0.2, -0.15) is 5.10 Å². The number of aryl methyl sites for hydroxylation is 4. The number of hydrogen-bond acceptors (Lipinski definition) is 5. The van der Waals surface area contributed by atoms with Crippen molar-refractivity contribution in [1.82, 2.24) is 14.3 Å². The number of hydrogen-bond donors (Lipinski definition) is 2. The highest BCUT2D eigenvalue weighted by molar-refractivity contribution is 6.35. The molecule has 30 heavy (non-hydrogen) atoms. The largest absolute Gasteiger partial charge is 0.464 e. The van der Waals surface area contributed by atoms with Crippen LogP contribution >= 0.6 is 11.6 Å². The van der Waals surface area contributed by atoms with Gasteiger partial charge in [0, 0.05) is 36.2 Å². The van der Waals surface area contributed by atoms with E-state index in [1.165, 1.54) is 7.11 Å². The maximum Gasteiger partial charge on any atom is 0.354 e. The molecule has 0 radical (unpaired) electrons. The van der Waals surface area contributed by atoms with Gasteiger partial charge in [-0.15, -0.1) is 0 Å². The molecule has 3 rings (SSSR count). The zero-order chi connectivity index (χ0) is 22.0. The number of aliphatic hydroxyl groups is 1. The van der Waals surface area contributed by atoms with Gasteiger partial charge in [0.15, 0.2) is 0 Å². The van der Waals surface area contributed by atoms with Crippen molar-refractivity contribution in [1.29, 1.82) is 0 Å². The average molecular weight is 433 g/mol. The summed E-state index contributed by atoms with van der Waals surface area (Å²) in [5, 5.41) is 15.6. The van der Waals surface area contributed by atoms with Crippen LogP contribution in [0.4, 0.5) is 0 Å². The molecule has 0 aliphatic carbocycles. The fourth-order valence-corrected chi connectivity index (χ4v) is 4.30. The Kier molecular flexibility index (Phi) is 6.85. The number of ether oxygens (including phenoxy) is 1. The topological polar surface area (TPSA) is 95.3 Å². The van der Waals surface area contributed by atoms with E-state index in [0.717, 1.165) is 45.4 Å². The second-order valence-corrected chi connectivity index (χ2v) is 7.84. The molecule has 2 heterocycles. The van der Waals surface area contributed by atoms with Crippen molar-refractivity contribution in [3.63, 3.8) is 0 Å². The molecule has 0 amide bonds. The first kappa shape index (κ1) is 22.3. The number of rotatable bonds is 8. The van der Waals surface area contributed by atoms with E-state index in [0.29, 0.717) is 36.8 Å². The molecule has 1 aromatic carbocycles. The molecule has 8 heteroatoms. The van der Waals surface area contributed by atoms with Crippen molar-refractivity contribution in [3.05, 3.63) is 39.7 Å². The van der Waals surface area contributed by atoms with E-state index in [1.54, 1.807) is 0 Å². The Morgan fingerprint density at radius 1 is 1.20 bits per heavy atom. The number of carbonyl (C=O) groups excluding carboxylic acids is 1. The average Bonchev–Trinajstić information content (AvgIpc) is 3.17. The number of carbonyl (C=O) groups is 1. The van der Waals surface area contributed by atoms with E-state index in [9.17, 15) is 9.90 Å². The summed E-state index contributed by atoms with van der Waals surface area (Å²) in [6, 6.07) is 3.77. The minimum Gasteiger partial charge on any atom is -0.464 e. The molecule has 162 valence electrons. The maximum absolute atomic E-state index is 12.6. The van der Waals surface area contributed by atoms with Crippen molar-refractivity contribution >= 4 is 28.5 Å². The number of aliphatic hydroxyl groups excluding tert-OH is 1. The van der Waals surface area contributed by atoms with E-state index in [-0.39, 0.29) is 6.61 Å². The first-order valence-corrected chi connectivity index (χ1v) is 10.5. The van der Waals surface area contributed by atoms with Crippen LogP contribution in [-0.4, -0.2) is 45.7 Å². The minimum atomic E-state index is -0.409. The number of halogens is 1. The Balaban J connectivity index is 2.39. The number of esters is 1. The highest BCUT2D eigenvalue weighted by atomic mass is 35.5. The number of aromatic nitrogens is 3. The third-order valence-electron chi connectivity index (χ3n) is 5.58. The minimum absolute atomic E-state index is 0.0317. The van der Waals surface area contributed by atoms with E-state index in [2.05, 4.69) is 0 Å². The number of nitrogens with zero attached hydrogens (tertiary/aromatic N) is 3. The summed E-state index contributed by atoms with van der Waals surface area (Å²) < 4.78 is 8.93. The normalized spacial score (nSPS) is 11.4. The summed E-state index contributed by atoms with van der Waals surface area (Å²) in [6.45, 7) is 7.70. The van der Waals surface area contributed by atoms with Gasteiger partial charge < -0.3 is 20.1 Å². The van der Waals surface area contributed by atoms with Crippen LogP contribution < -0.4 is 5.73 Å². The number of methoxy groups -OCH3 is 1. The fourth-order valence-electron chi connectivity index (χ4n) is 4.06. The van der Waals surface area contributed by atoms with Crippen molar-refractivity contribution in [2.45, 2.75) is 46.7 Å². The molecule has 3 aromatic rings. The number of benzene rings is 1. The van der Waals surface area contributed by atoms with Gasteiger partial charge in [-0.3, -0.25) is 4.68 Å². The van der Waals surface area contributed by atoms with Gasteiger partial charge in [0.05, 0.1) is 23.5 Å². The molecule has 0 fully saturated rings. The molecule has 2 aromatic heterocycles. The lowest BCUT2D eigenvalue weighted by Gasteiger charge is -2.13. The molecule has 0 spiro atoms. The molecule has 0 aliphatic rings. The standard InChI is InChI=1S/C22H29ClN4O3/c1-13-15(3)25-27(11-5-9-24)20(13)19-16(23)7-8-17-18(19)14(2)21(22(29)30-4)26(17)10-6-12-28/h7-8,28H,5-6,9-12,24H2,1-4H3. The fraction of sp³-hybridized carbons (Fsp3) is 0.455. The van der Waals surface area contributed by atoms with E-state index >= 15 is 0 Å². The molecule has 3 N–H and O–H groups in total. The lowest BCUT2D eigenvalue weighted by atomic mass is 9.99. The zero-order valence-corrected chi connectivity index (χ0v) is 18.7. The summed E-state index contributed by atoms with van der Waals surface area (Å²) in [6.07, 6.45) is 1.32. The smallest absolute Gasteiger partial charge is 0.354 e. The van der Waals surface area contributed by atoms with Crippen LogP contribution in [0.5, 0.6) is 0 Å². The second kappa shape index (κ2) is 9.20. The summed E-state index contributed by atoms with van der Waals surface area (Å²) in [5.74, 6) is -0.409. The van der Waals surface area contributed by atoms with Gasteiger partial charge in [0.2, 0.25) is 0 Å². The van der Waals surface area contributed by atoms with Gasteiger partial charge in [-0.05, 0) is 63.4 Å². The molecule has 0 bridgehead atoms. The van der Waals surface area contributed by atoms with Crippen LogP contribution in [0, 0.1) is 20.8 Å². The Hall–Kier alpha value is -2.35. The van der Waals surface area contributed by atoms with Crippen molar-refractivity contribution < 1.29 is 14.6 Å². The summed E-state index contributed by atoms with van der Waals surface area (Å²) >= 11 is 6.75. The quantitative estimate of drug-likeness (QED) is 0.530. The van der Waals surface area contributed by atoms with E-state index in [1.807, 2.05) is 42.2 Å². The lowest BCUT2D eigenvalue weighted by molar-refractivity contribution is 0.0587. The van der Waals surface area contributed by atoms with Crippen LogP contribution in [0.2, 0.25) is 5.02 Å². The van der Waals surface area contributed by atoms with Crippen LogP contribution in [0.25, 0.3) is 22.2 Å². The second-order valence-electron chi connectivity index (χ2n) is 7.43. The summed E-state index contributed by atoms with van der Waals surface area (Å²) in [7, 11) is 1.37. The first-order chi connectivity index (χ1) is 14.4. The third-order valence-corrected chi connectivity index (χ3v) is 5.89. The molecule has 0 aliphatic heterocycles. The molecule has 0 unspecified atom stereocenters. The lowest BCUT2D eigenvalue weighted by Crippen LogP contribution is -2.12. The molecule has 7 nitrogen and oxygen atoms in total. The molecule has 0 saturated carbocycles. The SMILES string of the molecule is COC(=O)c1c(C)c2c(-c3c(C)c(C)nn3CCCN)c(Cl)ccc2n1CCCO. The highest BCUT2D eigenvalue weighted by Crippen LogP contribution is 2.41. The summed E-state index contributed by atoms with van der Waals surface area (Å²) in [4.78, 5) is 12.6. The van der Waals surface area contributed by atoms with Crippen LogP contribution in [0.3, 0.4) is 0 Å². The van der Waals surface area contributed by atoms with Crippen molar-refractivity contribution in [3.8, 4) is 11.3 Å². The molecule has 0 atom stereocenters. The predicted molar refractivity (Wildman–Crippen MR) is 119 cm³/mol. The Labute approximate surface area is 181 Å². The van der Waals surface area contributed by atoms with Gasteiger partial charge in [0.25, 0.3) is 0 Å². The maximum atomic E-state index is 12.6. The predicted octanol–water partition coefficient (Wildman–Crippen LogP) is 3.60. The Morgan fingerprint density at radius 3 is 2.57 bits per heavy atom. The van der Waals surface area contributed by atoms with E-state index < -0.39 is 5.97 Å². The molecular weight excluding hydrogens is 404 g/mol. The Bertz CT molecular complexity index is 1080. The van der Waals surface area contributed by atoms with Crippen LogP contribution in [0.1, 0.15) is 40.2 Å².